The van der Waals surface area contributed by atoms with Crippen molar-refractivity contribution in [2.45, 2.75) is 40.2 Å². The van der Waals surface area contributed by atoms with Crippen molar-refractivity contribution in [2.24, 2.45) is 11.1 Å². The van der Waals surface area contributed by atoms with Crippen molar-refractivity contribution in [1.29, 1.82) is 0 Å². The van der Waals surface area contributed by atoms with Gasteiger partial charge < -0.3 is 5.73 Å². The van der Waals surface area contributed by atoms with Crippen LogP contribution in [-0.4, -0.2) is 16.3 Å². The highest BCUT2D eigenvalue weighted by Gasteiger charge is 2.25. The van der Waals surface area contributed by atoms with Crippen LogP contribution in [0.15, 0.2) is 12.4 Å². The Bertz CT molecular complexity index is 283. The molecule has 0 aromatic carbocycles. The Labute approximate surface area is 86.3 Å². The van der Waals surface area contributed by atoms with E-state index < -0.39 is 0 Å². The van der Waals surface area contributed by atoms with Gasteiger partial charge in [-0.2, -0.15) is 5.10 Å². The number of nitrogens with two attached hydrogens (primary N) is 1. The standard InChI is InChI=1S/C11H21N3/c1-5-14-8-9(7-13-14)10(6-12)11(2,3)4/h7-8,10H,5-6,12H2,1-4H3. The fourth-order valence-electron chi connectivity index (χ4n) is 1.72. The van der Waals surface area contributed by atoms with Gasteiger partial charge in [0.05, 0.1) is 6.20 Å². The summed E-state index contributed by atoms with van der Waals surface area (Å²) in [5.74, 6) is 0.391. The topological polar surface area (TPSA) is 43.8 Å². The predicted molar refractivity (Wildman–Crippen MR) is 59.2 cm³/mol. The Kier molecular flexibility index (Phi) is 3.32. The Morgan fingerprint density at radius 2 is 2.14 bits per heavy atom. The van der Waals surface area contributed by atoms with Gasteiger partial charge in [-0.1, -0.05) is 20.8 Å². The quantitative estimate of drug-likeness (QED) is 0.801. The number of nitrogens with zero attached hydrogens (tertiary/aromatic N) is 2. The van der Waals surface area contributed by atoms with Gasteiger partial charge in [-0.05, 0) is 24.4 Å². The molecule has 2 N–H and O–H groups in total. The van der Waals surface area contributed by atoms with Crippen LogP contribution in [-0.2, 0) is 6.54 Å². The van der Waals surface area contributed by atoms with E-state index in [-0.39, 0.29) is 5.41 Å². The van der Waals surface area contributed by atoms with E-state index in [0.717, 1.165) is 6.54 Å². The average molecular weight is 195 g/mol. The molecule has 0 aliphatic rings. The SMILES string of the molecule is CCn1cc(C(CN)C(C)(C)C)cn1. The van der Waals surface area contributed by atoms with Gasteiger partial charge in [-0.3, -0.25) is 4.68 Å². The molecule has 1 aromatic rings. The first-order valence-electron chi connectivity index (χ1n) is 5.21. The zero-order valence-corrected chi connectivity index (χ0v) is 9.62. The van der Waals surface area contributed by atoms with Gasteiger partial charge >= 0.3 is 0 Å². The number of rotatable bonds is 3. The lowest BCUT2D eigenvalue weighted by Crippen LogP contribution is -2.25. The molecule has 14 heavy (non-hydrogen) atoms. The van der Waals surface area contributed by atoms with Crippen LogP contribution in [0.2, 0.25) is 0 Å². The highest BCUT2D eigenvalue weighted by molar-refractivity contribution is 5.14. The monoisotopic (exact) mass is 195 g/mol. The molecule has 1 heterocycles. The van der Waals surface area contributed by atoms with E-state index in [9.17, 15) is 0 Å². The Hall–Kier alpha value is -0.830. The molecule has 3 nitrogen and oxygen atoms in total. The van der Waals surface area contributed by atoms with Crippen LogP contribution < -0.4 is 5.73 Å². The van der Waals surface area contributed by atoms with E-state index in [2.05, 4.69) is 39.0 Å². The maximum atomic E-state index is 5.80. The summed E-state index contributed by atoms with van der Waals surface area (Å²) in [4.78, 5) is 0. The molecule has 0 saturated heterocycles. The van der Waals surface area contributed by atoms with E-state index in [4.69, 9.17) is 5.73 Å². The maximum Gasteiger partial charge on any atom is 0.0525 e. The smallest absolute Gasteiger partial charge is 0.0525 e. The van der Waals surface area contributed by atoms with E-state index >= 15 is 0 Å². The van der Waals surface area contributed by atoms with Crippen molar-refractivity contribution in [3.05, 3.63) is 18.0 Å². The summed E-state index contributed by atoms with van der Waals surface area (Å²) >= 11 is 0. The van der Waals surface area contributed by atoms with Crippen LogP contribution in [0.4, 0.5) is 0 Å². The molecule has 0 aliphatic heterocycles. The predicted octanol–water partition coefficient (Wildman–Crippen LogP) is 1.99. The molecule has 0 fully saturated rings. The molecule has 1 rings (SSSR count). The first kappa shape index (κ1) is 11.2. The molecule has 0 spiro atoms. The van der Waals surface area contributed by atoms with E-state index in [0.29, 0.717) is 12.5 Å². The Morgan fingerprint density at radius 1 is 1.50 bits per heavy atom. The van der Waals surface area contributed by atoms with Crippen LogP contribution in [0.3, 0.4) is 0 Å². The van der Waals surface area contributed by atoms with E-state index in [1.54, 1.807) is 0 Å². The summed E-state index contributed by atoms with van der Waals surface area (Å²) in [7, 11) is 0. The minimum absolute atomic E-state index is 0.205. The molecule has 1 aromatic heterocycles. The maximum absolute atomic E-state index is 5.80. The number of hydrogen-bond acceptors (Lipinski definition) is 2. The Balaban J connectivity index is 2.90. The van der Waals surface area contributed by atoms with E-state index in [1.165, 1.54) is 5.56 Å². The molecule has 0 saturated carbocycles. The van der Waals surface area contributed by atoms with Crippen molar-refractivity contribution in [3.8, 4) is 0 Å². The molecule has 0 aliphatic carbocycles. The summed E-state index contributed by atoms with van der Waals surface area (Å²) in [5, 5.41) is 4.28. The summed E-state index contributed by atoms with van der Waals surface area (Å²) in [6, 6.07) is 0. The van der Waals surface area contributed by atoms with Crippen LogP contribution in [0, 0.1) is 5.41 Å². The fraction of sp³-hybridized carbons (Fsp3) is 0.727. The molecule has 3 heteroatoms. The summed E-state index contributed by atoms with van der Waals surface area (Å²) < 4.78 is 1.95. The van der Waals surface area contributed by atoms with Crippen molar-refractivity contribution >= 4 is 0 Å². The molecule has 80 valence electrons. The van der Waals surface area contributed by atoms with Gasteiger partial charge in [-0.25, -0.2) is 0 Å². The van der Waals surface area contributed by atoms with Crippen LogP contribution in [0.5, 0.6) is 0 Å². The Morgan fingerprint density at radius 3 is 2.50 bits per heavy atom. The van der Waals surface area contributed by atoms with Crippen LogP contribution in [0.1, 0.15) is 39.2 Å². The van der Waals surface area contributed by atoms with Gasteiger partial charge in [0, 0.05) is 18.7 Å². The van der Waals surface area contributed by atoms with Gasteiger partial charge in [0.15, 0.2) is 0 Å². The average Bonchev–Trinajstić information content (AvgIpc) is 2.51. The summed E-state index contributed by atoms with van der Waals surface area (Å²) in [6.07, 6.45) is 4.04. The minimum atomic E-state index is 0.205. The van der Waals surface area contributed by atoms with Gasteiger partial charge in [0.1, 0.15) is 0 Å². The zero-order valence-electron chi connectivity index (χ0n) is 9.62. The lowest BCUT2D eigenvalue weighted by molar-refractivity contribution is 0.325. The minimum Gasteiger partial charge on any atom is -0.330 e. The van der Waals surface area contributed by atoms with Crippen molar-refractivity contribution in [2.75, 3.05) is 6.54 Å². The van der Waals surface area contributed by atoms with Crippen molar-refractivity contribution in [3.63, 3.8) is 0 Å². The number of hydrogen-bond donors (Lipinski definition) is 1. The van der Waals surface area contributed by atoms with Gasteiger partial charge in [0.2, 0.25) is 0 Å². The first-order chi connectivity index (χ1) is 6.49. The summed E-state index contributed by atoms with van der Waals surface area (Å²) in [5.41, 5.74) is 7.26. The van der Waals surface area contributed by atoms with Gasteiger partial charge in [-0.15, -0.1) is 0 Å². The highest BCUT2D eigenvalue weighted by atomic mass is 15.3. The largest absolute Gasteiger partial charge is 0.330 e. The molecule has 0 radical (unpaired) electrons. The third kappa shape index (κ3) is 2.35. The van der Waals surface area contributed by atoms with Crippen LogP contribution >= 0.6 is 0 Å². The third-order valence-corrected chi connectivity index (χ3v) is 2.66. The summed E-state index contributed by atoms with van der Waals surface area (Å²) in [6.45, 7) is 10.3. The molecule has 0 amide bonds. The van der Waals surface area contributed by atoms with E-state index in [1.807, 2.05) is 10.9 Å². The molecular formula is C11H21N3. The van der Waals surface area contributed by atoms with Gasteiger partial charge in [0.25, 0.3) is 0 Å². The lowest BCUT2D eigenvalue weighted by Gasteiger charge is -2.28. The second kappa shape index (κ2) is 4.13. The fourth-order valence-corrected chi connectivity index (χ4v) is 1.72. The second-order valence-corrected chi connectivity index (χ2v) is 4.78. The van der Waals surface area contributed by atoms with Crippen molar-refractivity contribution in [1.82, 2.24) is 9.78 Å². The lowest BCUT2D eigenvalue weighted by atomic mass is 9.77. The first-order valence-corrected chi connectivity index (χ1v) is 5.21. The van der Waals surface area contributed by atoms with Crippen molar-refractivity contribution < 1.29 is 0 Å². The normalized spacial score (nSPS) is 14.4. The molecule has 1 unspecified atom stereocenters. The molecular weight excluding hydrogens is 174 g/mol. The number of aryl methyl sites for hydroxylation is 1. The zero-order chi connectivity index (χ0) is 10.8. The molecule has 1 atom stereocenters. The highest BCUT2D eigenvalue weighted by Crippen LogP contribution is 2.33. The second-order valence-electron chi connectivity index (χ2n) is 4.78. The number of aromatic nitrogens is 2. The third-order valence-electron chi connectivity index (χ3n) is 2.66. The molecule has 0 bridgehead atoms. The van der Waals surface area contributed by atoms with Crippen LogP contribution in [0.25, 0.3) is 0 Å².